The van der Waals surface area contributed by atoms with E-state index in [0.29, 0.717) is 5.82 Å². The molecule has 2 aromatic heterocycles. The number of pyridine rings is 1. The van der Waals surface area contributed by atoms with Gasteiger partial charge in [-0.2, -0.15) is 0 Å². The Morgan fingerprint density at radius 2 is 1.50 bits per heavy atom. The highest BCUT2D eigenvalue weighted by Crippen LogP contribution is 2.15. The van der Waals surface area contributed by atoms with E-state index in [2.05, 4.69) is 20.2 Å². The van der Waals surface area contributed by atoms with E-state index in [4.69, 9.17) is 0 Å². The van der Waals surface area contributed by atoms with Gasteiger partial charge in [-0.25, -0.2) is 4.98 Å². The van der Waals surface area contributed by atoms with Crippen molar-refractivity contribution in [1.82, 2.24) is 20.2 Å². The molecule has 0 fully saturated rings. The first-order chi connectivity index (χ1) is 7.93. The SMILES string of the molecule is c1ccc2nc(-c3ccncc3)nnc2c1. The van der Waals surface area contributed by atoms with E-state index in [1.54, 1.807) is 12.4 Å². The van der Waals surface area contributed by atoms with Crippen LogP contribution in [0, 0.1) is 0 Å². The highest BCUT2D eigenvalue weighted by molar-refractivity contribution is 5.75. The lowest BCUT2D eigenvalue weighted by atomic mass is 10.2. The molecule has 0 N–H and O–H groups in total. The molecule has 0 bridgehead atoms. The number of hydrogen-bond donors (Lipinski definition) is 0. The maximum absolute atomic E-state index is 4.44. The first-order valence-corrected chi connectivity index (χ1v) is 4.93. The van der Waals surface area contributed by atoms with Crippen LogP contribution in [0.2, 0.25) is 0 Å². The van der Waals surface area contributed by atoms with Crippen LogP contribution in [0.4, 0.5) is 0 Å². The van der Waals surface area contributed by atoms with Gasteiger partial charge in [0.2, 0.25) is 0 Å². The quantitative estimate of drug-likeness (QED) is 0.614. The minimum atomic E-state index is 0.626. The third kappa shape index (κ3) is 1.50. The number of para-hydroxylation sites is 1. The van der Waals surface area contributed by atoms with Crippen LogP contribution in [0.3, 0.4) is 0 Å². The third-order valence-electron chi connectivity index (χ3n) is 2.30. The summed E-state index contributed by atoms with van der Waals surface area (Å²) in [5.74, 6) is 0.626. The summed E-state index contributed by atoms with van der Waals surface area (Å²) in [5.41, 5.74) is 2.58. The summed E-state index contributed by atoms with van der Waals surface area (Å²) >= 11 is 0. The fourth-order valence-electron chi connectivity index (χ4n) is 1.50. The number of rotatable bonds is 1. The normalized spacial score (nSPS) is 10.5. The van der Waals surface area contributed by atoms with Crippen LogP contribution >= 0.6 is 0 Å². The Labute approximate surface area is 92.0 Å². The van der Waals surface area contributed by atoms with Gasteiger partial charge in [0, 0.05) is 18.0 Å². The molecule has 0 saturated carbocycles. The van der Waals surface area contributed by atoms with Crippen molar-refractivity contribution >= 4 is 11.0 Å². The van der Waals surface area contributed by atoms with Crippen LogP contribution in [0.25, 0.3) is 22.4 Å². The van der Waals surface area contributed by atoms with Crippen molar-refractivity contribution in [3.05, 3.63) is 48.8 Å². The molecule has 0 aliphatic rings. The molecule has 0 amide bonds. The molecule has 2 heterocycles. The number of nitrogens with zero attached hydrogens (tertiary/aromatic N) is 4. The van der Waals surface area contributed by atoms with Gasteiger partial charge in [0.25, 0.3) is 0 Å². The first kappa shape index (κ1) is 8.91. The summed E-state index contributed by atoms with van der Waals surface area (Å²) in [6.45, 7) is 0. The molecule has 0 atom stereocenters. The minimum absolute atomic E-state index is 0.626. The van der Waals surface area contributed by atoms with Gasteiger partial charge in [0.15, 0.2) is 5.82 Å². The third-order valence-corrected chi connectivity index (χ3v) is 2.30. The zero-order valence-electron chi connectivity index (χ0n) is 8.41. The van der Waals surface area contributed by atoms with Crippen molar-refractivity contribution in [3.63, 3.8) is 0 Å². The van der Waals surface area contributed by atoms with Crippen molar-refractivity contribution in [2.24, 2.45) is 0 Å². The second-order valence-corrected chi connectivity index (χ2v) is 3.36. The van der Waals surface area contributed by atoms with E-state index in [9.17, 15) is 0 Å². The van der Waals surface area contributed by atoms with E-state index < -0.39 is 0 Å². The molecule has 3 aromatic rings. The number of fused-ring (bicyclic) bond motifs is 1. The number of aromatic nitrogens is 4. The molecule has 3 rings (SSSR count). The monoisotopic (exact) mass is 208 g/mol. The van der Waals surface area contributed by atoms with Gasteiger partial charge in [0.05, 0.1) is 5.52 Å². The summed E-state index contributed by atoms with van der Waals surface area (Å²) < 4.78 is 0. The van der Waals surface area contributed by atoms with Crippen LogP contribution in [0.5, 0.6) is 0 Å². The predicted molar refractivity (Wildman–Crippen MR) is 60.6 cm³/mol. The number of hydrogen-bond acceptors (Lipinski definition) is 4. The van der Waals surface area contributed by atoms with E-state index >= 15 is 0 Å². The van der Waals surface area contributed by atoms with E-state index in [1.165, 1.54) is 0 Å². The van der Waals surface area contributed by atoms with Gasteiger partial charge < -0.3 is 0 Å². The Kier molecular flexibility index (Phi) is 2.04. The Morgan fingerprint density at radius 1 is 0.750 bits per heavy atom. The second-order valence-electron chi connectivity index (χ2n) is 3.36. The maximum atomic E-state index is 4.44. The van der Waals surface area contributed by atoms with Crippen molar-refractivity contribution in [1.29, 1.82) is 0 Å². The fraction of sp³-hybridized carbons (Fsp3) is 0. The lowest BCUT2D eigenvalue weighted by molar-refractivity contribution is 1.03. The molecule has 0 aliphatic heterocycles. The summed E-state index contributed by atoms with van der Waals surface area (Å²) in [4.78, 5) is 8.40. The molecule has 0 spiro atoms. The average Bonchev–Trinajstić information content (AvgIpc) is 2.39. The fourth-order valence-corrected chi connectivity index (χ4v) is 1.50. The summed E-state index contributed by atoms with van der Waals surface area (Å²) in [6, 6.07) is 11.4. The molecule has 0 saturated heterocycles. The van der Waals surface area contributed by atoms with Crippen LogP contribution in [-0.4, -0.2) is 20.2 Å². The lowest BCUT2D eigenvalue weighted by Gasteiger charge is -1.99. The van der Waals surface area contributed by atoms with Crippen LogP contribution < -0.4 is 0 Å². The molecule has 76 valence electrons. The molecule has 1 aromatic carbocycles. The van der Waals surface area contributed by atoms with Crippen molar-refractivity contribution in [2.75, 3.05) is 0 Å². The van der Waals surface area contributed by atoms with Gasteiger partial charge >= 0.3 is 0 Å². The Morgan fingerprint density at radius 3 is 2.31 bits per heavy atom. The maximum Gasteiger partial charge on any atom is 0.182 e. The van der Waals surface area contributed by atoms with E-state index in [1.807, 2.05) is 36.4 Å². The minimum Gasteiger partial charge on any atom is -0.265 e. The molecule has 4 heteroatoms. The Hall–Kier alpha value is -2.36. The molecular weight excluding hydrogens is 200 g/mol. The molecule has 0 unspecified atom stereocenters. The van der Waals surface area contributed by atoms with Gasteiger partial charge in [-0.1, -0.05) is 12.1 Å². The molecular formula is C12H8N4. The summed E-state index contributed by atoms with van der Waals surface area (Å²) in [6.07, 6.45) is 3.43. The van der Waals surface area contributed by atoms with Gasteiger partial charge in [0.1, 0.15) is 5.52 Å². The van der Waals surface area contributed by atoms with Gasteiger partial charge in [-0.05, 0) is 24.3 Å². The van der Waals surface area contributed by atoms with E-state index in [0.717, 1.165) is 16.6 Å². The highest BCUT2D eigenvalue weighted by Gasteiger charge is 2.02. The zero-order chi connectivity index (χ0) is 10.8. The summed E-state index contributed by atoms with van der Waals surface area (Å²) in [7, 11) is 0. The predicted octanol–water partition coefficient (Wildman–Crippen LogP) is 2.09. The van der Waals surface area contributed by atoms with Crippen molar-refractivity contribution < 1.29 is 0 Å². The van der Waals surface area contributed by atoms with Crippen molar-refractivity contribution in [2.45, 2.75) is 0 Å². The smallest absolute Gasteiger partial charge is 0.182 e. The van der Waals surface area contributed by atoms with Gasteiger partial charge in [-0.3, -0.25) is 4.98 Å². The standard InChI is InChI=1S/C12H8N4/c1-2-4-11-10(3-1)14-12(16-15-11)9-5-7-13-8-6-9/h1-8H. The first-order valence-electron chi connectivity index (χ1n) is 4.93. The molecule has 16 heavy (non-hydrogen) atoms. The van der Waals surface area contributed by atoms with Crippen LogP contribution in [0.1, 0.15) is 0 Å². The van der Waals surface area contributed by atoms with Gasteiger partial charge in [-0.15, -0.1) is 10.2 Å². The highest BCUT2D eigenvalue weighted by atomic mass is 15.1. The molecule has 0 aliphatic carbocycles. The topological polar surface area (TPSA) is 51.6 Å². The molecule has 4 nitrogen and oxygen atoms in total. The lowest BCUT2D eigenvalue weighted by Crippen LogP contribution is -1.93. The Bertz CT molecular complexity index is 622. The Balaban J connectivity index is 2.19. The number of benzene rings is 1. The molecule has 0 radical (unpaired) electrons. The van der Waals surface area contributed by atoms with Crippen LogP contribution in [-0.2, 0) is 0 Å². The average molecular weight is 208 g/mol. The summed E-state index contributed by atoms with van der Waals surface area (Å²) in [5, 5.41) is 8.21. The van der Waals surface area contributed by atoms with E-state index in [-0.39, 0.29) is 0 Å². The van der Waals surface area contributed by atoms with Crippen molar-refractivity contribution in [3.8, 4) is 11.4 Å². The van der Waals surface area contributed by atoms with Crippen LogP contribution in [0.15, 0.2) is 48.8 Å². The zero-order valence-corrected chi connectivity index (χ0v) is 8.41. The largest absolute Gasteiger partial charge is 0.265 e. The second kappa shape index (κ2) is 3.66.